The SMILES string of the molecule is CCc1cccc(-c2c(Cl)cccc2C(O)(CCCCOC)[C@H]2CN(C(=O)c3ccc(CN)nc3)CCO2)c1. The van der Waals surface area contributed by atoms with Crippen molar-refractivity contribution in [2.75, 3.05) is 33.4 Å². The summed E-state index contributed by atoms with van der Waals surface area (Å²) in [5, 5.41) is 13.1. The van der Waals surface area contributed by atoms with Gasteiger partial charge in [-0.3, -0.25) is 9.78 Å². The van der Waals surface area contributed by atoms with E-state index < -0.39 is 11.7 Å². The minimum absolute atomic E-state index is 0.150. The Hall–Kier alpha value is -2.81. The Morgan fingerprint density at radius 2 is 2.05 bits per heavy atom. The number of nitrogens with two attached hydrogens (primary N) is 1. The lowest BCUT2D eigenvalue weighted by Gasteiger charge is -2.43. The molecule has 8 heteroatoms. The number of morpholine rings is 1. The number of aromatic nitrogens is 1. The van der Waals surface area contributed by atoms with Gasteiger partial charge in [0.1, 0.15) is 11.7 Å². The normalized spacial score (nSPS) is 17.2. The number of benzene rings is 2. The molecule has 2 atom stereocenters. The van der Waals surface area contributed by atoms with Crippen LogP contribution in [0.2, 0.25) is 5.02 Å². The van der Waals surface area contributed by atoms with E-state index in [4.69, 9.17) is 26.8 Å². The van der Waals surface area contributed by atoms with Crippen LogP contribution in [0.1, 0.15) is 53.4 Å². The van der Waals surface area contributed by atoms with Crippen molar-refractivity contribution in [1.82, 2.24) is 9.88 Å². The molecule has 1 unspecified atom stereocenters. The Balaban J connectivity index is 1.71. The van der Waals surface area contributed by atoms with Crippen LogP contribution in [-0.4, -0.2) is 60.4 Å². The number of hydrogen-bond donors (Lipinski definition) is 2. The van der Waals surface area contributed by atoms with Crippen molar-refractivity contribution in [3.05, 3.63) is 88.2 Å². The first-order chi connectivity index (χ1) is 18.9. The number of aryl methyl sites for hydroxylation is 1. The molecule has 1 saturated heterocycles. The van der Waals surface area contributed by atoms with Gasteiger partial charge in [0.25, 0.3) is 5.91 Å². The number of amides is 1. The molecule has 3 aromatic rings. The fourth-order valence-corrected chi connectivity index (χ4v) is 5.50. The van der Waals surface area contributed by atoms with Gasteiger partial charge in [-0.1, -0.05) is 54.9 Å². The van der Waals surface area contributed by atoms with Gasteiger partial charge in [-0.05, 0) is 60.6 Å². The van der Waals surface area contributed by atoms with Crippen molar-refractivity contribution in [1.29, 1.82) is 0 Å². The van der Waals surface area contributed by atoms with Crippen molar-refractivity contribution < 1.29 is 19.4 Å². The maximum Gasteiger partial charge on any atom is 0.255 e. The quantitative estimate of drug-likeness (QED) is 0.327. The first kappa shape index (κ1) is 29.2. The Kier molecular flexibility index (Phi) is 10.1. The second-order valence-corrected chi connectivity index (χ2v) is 10.4. The standard InChI is InChI=1S/C31H38ClN3O4/c1-3-22-8-6-9-23(18-22)29-26(10-7-11-27(29)32)31(37,14-4-5-16-38-2)28-21-35(15-17-39-28)30(36)24-12-13-25(19-33)34-20-24/h6-13,18,20,28,37H,3-5,14-17,19,21,33H2,1-2H3/t28-,31?/m1/s1. The van der Waals surface area contributed by atoms with Crippen LogP contribution < -0.4 is 5.73 Å². The van der Waals surface area contributed by atoms with Crippen LogP contribution in [0.3, 0.4) is 0 Å². The summed E-state index contributed by atoms with van der Waals surface area (Å²) in [6.45, 7) is 3.99. The largest absolute Gasteiger partial charge is 0.385 e. The van der Waals surface area contributed by atoms with Gasteiger partial charge in [-0.25, -0.2) is 0 Å². The third kappa shape index (κ3) is 6.68. The monoisotopic (exact) mass is 551 g/mol. The lowest BCUT2D eigenvalue weighted by Crippen LogP contribution is -2.54. The molecule has 1 fully saturated rings. The van der Waals surface area contributed by atoms with Crippen LogP contribution in [0.4, 0.5) is 0 Å². The average Bonchev–Trinajstić information content (AvgIpc) is 2.98. The number of rotatable bonds is 11. The van der Waals surface area contributed by atoms with Crippen molar-refractivity contribution in [2.24, 2.45) is 5.73 Å². The molecule has 4 rings (SSSR count). The Morgan fingerprint density at radius 3 is 2.77 bits per heavy atom. The lowest BCUT2D eigenvalue weighted by atomic mass is 9.78. The topological polar surface area (TPSA) is 97.9 Å². The number of unbranched alkanes of at least 4 members (excludes halogenated alkanes) is 1. The van der Waals surface area contributed by atoms with Gasteiger partial charge in [0.2, 0.25) is 0 Å². The van der Waals surface area contributed by atoms with E-state index in [1.807, 2.05) is 30.3 Å². The van der Waals surface area contributed by atoms with Crippen molar-refractivity contribution in [2.45, 2.75) is 50.9 Å². The van der Waals surface area contributed by atoms with E-state index in [2.05, 4.69) is 24.0 Å². The van der Waals surface area contributed by atoms with Gasteiger partial charge in [0, 0.05) is 43.6 Å². The molecular formula is C31H38ClN3O4. The minimum atomic E-state index is -1.39. The highest BCUT2D eigenvalue weighted by atomic mass is 35.5. The third-order valence-corrected chi connectivity index (χ3v) is 7.74. The summed E-state index contributed by atoms with van der Waals surface area (Å²) in [4.78, 5) is 19.4. The predicted octanol–water partition coefficient (Wildman–Crippen LogP) is 4.97. The van der Waals surface area contributed by atoms with Crippen molar-refractivity contribution in [3.8, 4) is 11.1 Å². The van der Waals surface area contributed by atoms with E-state index in [-0.39, 0.29) is 12.5 Å². The molecular weight excluding hydrogens is 514 g/mol. The minimum Gasteiger partial charge on any atom is -0.385 e. The highest BCUT2D eigenvalue weighted by Gasteiger charge is 2.44. The molecule has 1 amide bonds. The van der Waals surface area contributed by atoms with Gasteiger partial charge in [0.05, 0.1) is 24.4 Å². The smallest absolute Gasteiger partial charge is 0.255 e. The maximum absolute atomic E-state index is 13.4. The van der Waals surface area contributed by atoms with Gasteiger partial charge in [-0.15, -0.1) is 0 Å². The number of hydrogen-bond acceptors (Lipinski definition) is 6. The lowest BCUT2D eigenvalue weighted by molar-refractivity contribution is -0.146. The van der Waals surface area contributed by atoms with Crippen LogP contribution in [0.25, 0.3) is 11.1 Å². The summed E-state index contributed by atoms with van der Waals surface area (Å²) in [5.74, 6) is -0.150. The molecule has 2 heterocycles. The molecule has 0 bridgehead atoms. The highest BCUT2D eigenvalue weighted by molar-refractivity contribution is 6.33. The second-order valence-electron chi connectivity index (χ2n) is 9.94. The zero-order valence-electron chi connectivity index (χ0n) is 22.7. The summed E-state index contributed by atoms with van der Waals surface area (Å²) in [6, 6.07) is 17.4. The molecule has 3 N–H and O–H groups in total. The van der Waals surface area contributed by atoms with E-state index in [1.165, 1.54) is 5.56 Å². The van der Waals surface area contributed by atoms with E-state index in [9.17, 15) is 9.90 Å². The molecule has 0 aliphatic carbocycles. The molecule has 1 aliphatic heterocycles. The number of nitrogens with zero attached hydrogens (tertiary/aromatic N) is 2. The predicted molar refractivity (Wildman–Crippen MR) is 154 cm³/mol. The second kappa shape index (κ2) is 13.5. The zero-order chi connectivity index (χ0) is 27.8. The van der Waals surface area contributed by atoms with Crippen LogP contribution >= 0.6 is 11.6 Å². The maximum atomic E-state index is 13.4. The van der Waals surface area contributed by atoms with E-state index >= 15 is 0 Å². The number of carbonyl (C=O) groups excluding carboxylic acids is 1. The molecule has 0 radical (unpaired) electrons. The summed E-state index contributed by atoms with van der Waals surface area (Å²) >= 11 is 6.82. The zero-order valence-corrected chi connectivity index (χ0v) is 23.5. The molecule has 2 aromatic carbocycles. The van der Waals surface area contributed by atoms with Gasteiger partial charge >= 0.3 is 0 Å². The fourth-order valence-electron chi connectivity index (χ4n) is 5.21. The fraction of sp³-hybridized carbons (Fsp3) is 0.419. The van der Waals surface area contributed by atoms with Crippen LogP contribution in [0.5, 0.6) is 0 Å². The molecule has 0 saturated carbocycles. The highest BCUT2D eigenvalue weighted by Crippen LogP contribution is 2.43. The van der Waals surface area contributed by atoms with E-state index in [0.717, 1.165) is 29.7 Å². The Labute approximate surface area is 235 Å². The summed E-state index contributed by atoms with van der Waals surface area (Å²) in [7, 11) is 1.67. The molecule has 39 heavy (non-hydrogen) atoms. The molecule has 208 valence electrons. The van der Waals surface area contributed by atoms with Gasteiger partial charge < -0.3 is 25.2 Å². The molecule has 1 aliphatic rings. The summed E-state index contributed by atoms with van der Waals surface area (Å²) < 4.78 is 11.5. The number of methoxy groups -OCH3 is 1. The summed E-state index contributed by atoms with van der Waals surface area (Å²) in [6.07, 6.45) is 3.72. The van der Waals surface area contributed by atoms with Crippen LogP contribution in [0.15, 0.2) is 60.8 Å². The van der Waals surface area contributed by atoms with E-state index in [1.54, 1.807) is 30.3 Å². The van der Waals surface area contributed by atoms with Gasteiger partial charge in [0.15, 0.2) is 0 Å². The molecule has 1 aromatic heterocycles. The number of halogens is 1. The van der Waals surface area contributed by atoms with Gasteiger partial charge in [-0.2, -0.15) is 0 Å². The van der Waals surface area contributed by atoms with Crippen LogP contribution in [-0.2, 0) is 28.0 Å². The molecule has 7 nitrogen and oxygen atoms in total. The number of carbonyl (C=O) groups is 1. The molecule has 0 spiro atoms. The van der Waals surface area contributed by atoms with Crippen LogP contribution in [0, 0.1) is 0 Å². The Bertz CT molecular complexity index is 1250. The van der Waals surface area contributed by atoms with Crippen molar-refractivity contribution in [3.63, 3.8) is 0 Å². The Morgan fingerprint density at radius 1 is 1.23 bits per heavy atom. The van der Waals surface area contributed by atoms with E-state index in [0.29, 0.717) is 55.3 Å². The summed E-state index contributed by atoms with van der Waals surface area (Å²) in [5.41, 5.74) is 9.09. The number of ether oxygens (including phenoxy) is 2. The number of aliphatic hydroxyl groups is 1. The third-order valence-electron chi connectivity index (χ3n) is 7.43. The number of pyridine rings is 1. The van der Waals surface area contributed by atoms with Crippen molar-refractivity contribution >= 4 is 17.5 Å². The first-order valence-corrected chi connectivity index (χ1v) is 13.9. The average molecular weight is 552 g/mol. The first-order valence-electron chi connectivity index (χ1n) is 13.6.